The number of ether oxygens (including phenoxy) is 5. The lowest BCUT2D eigenvalue weighted by Crippen LogP contribution is -2.48. The highest BCUT2D eigenvalue weighted by Gasteiger charge is 2.59. The Morgan fingerprint density at radius 2 is 1.76 bits per heavy atom. The summed E-state index contributed by atoms with van der Waals surface area (Å²) in [5.74, 6) is -1.43. The Morgan fingerprint density at radius 3 is 2.45 bits per heavy atom. The summed E-state index contributed by atoms with van der Waals surface area (Å²) in [6.45, 7) is 6.72. The Labute approximate surface area is 283 Å². The molecule has 2 saturated heterocycles. The highest BCUT2D eigenvalue weighted by Crippen LogP contribution is 2.50. The number of carbonyl (C=O) groups excluding carboxylic acids is 3. The second kappa shape index (κ2) is 15.6. The zero-order valence-corrected chi connectivity index (χ0v) is 28.7. The van der Waals surface area contributed by atoms with Crippen molar-refractivity contribution in [2.24, 2.45) is 0 Å². The molecule has 2 fully saturated rings. The van der Waals surface area contributed by atoms with Crippen molar-refractivity contribution in [2.45, 2.75) is 89.4 Å². The van der Waals surface area contributed by atoms with Gasteiger partial charge in [-0.25, -0.2) is 14.1 Å². The van der Waals surface area contributed by atoms with Crippen molar-refractivity contribution in [1.82, 2.24) is 19.7 Å². The Balaban J connectivity index is 1.46. The number of carbonyl (C=O) groups is 3. The van der Waals surface area contributed by atoms with E-state index >= 15 is 0 Å². The predicted octanol–water partition coefficient (Wildman–Crippen LogP) is 3.69. The van der Waals surface area contributed by atoms with Crippen molar-refractivity contribution in [1.29, 1.82) is 0 Å². The molecule has 2 aromatic heterocycles. The number of esters is 3. The third kappa shape index (κ3) is 8.57. The van der Waals surface area contributed by atoms with Gasteiger partial charge in [-0.15, -0.1) is 0 Å². The zero-order valence-electron chi connectivity index (χ0n) is 27.8. The van der Waals surface area contributed by atoms with Crippen LogP contribution in [-0.4, -0.2) is 82.3 Å². The van der Waals surface area contributed by atoms with Crippen molar-refractivity contribution < 1.29 is 51.7 Å². The van der Waals surface area contributed by atoms with Gasteiger partial charge < -0.3 is 33.9 Å². The number of rotatable bonds is 14. The number of para-hydroxylation sites is 1. The van der Waals surface area contributed by atoms with Gasteiger partial charge in [-0.3, -0.25) is 18.9 Å². The Kier molecular flexibility index (Phi) is 11.6. The van der Waals surface area contributed by atoms with Crippen molar-refractivity contribution in [3.05, 3.63) is 54.5 Å². The molecule has 0 aliphatic carbocycles. The maximum Gasteiger partial charge on any atom is 0.459 e. The van der Waals surface area contributed by atoms with Gasteiger partial charge >= 0.3 is 25.7 Å². The highest BCUT2D eigenvalue weighted by molar-refractivity contribution is 7.52. The topological polar surface area (TPSA) is 201 Å². The van der Waals surface area contributed by atoms with Gasteiger partial charge in [0, 0.05) is 25.7 Å². The Morgan fingerprint density at radius 1 is 1.06 bits per heavy atom. The smallest absolute Gasteiger partial charge is 0.459 e. The fourth-order valence-corrected chi connectivity index (χ4v) is 7.10. The van der Waals surface area contributed by atoms with Gasteiger partial charge in [-0.1, -0.05) is 32.0 Å². The molecule has 0 amide bonds. The van der Waals surface area contributed by atoms with E-state index in [0.717, 1.165) is 0 Å². The molecular formula is C32H42N5O11P. The van der Waals surface area contributed by atoms with Crippen LogP contribution in [0, 0.1) is 0 Å². The fourth-order valence-electron chi connectivity index (χ4n) is 5.51. The number of hydrogen-bond acceptors (Lipinski definition) is 14. The normalized spacial score (nSPS) is 24.5. The van der Waals surface area contributed by atoms with E-state index < -0.39 is 62.2 Å². The van der Waals surface area contributed by atoms with Gasteiger partial charge in [0.15, 0.2) is 18.0 Å². The summed E-state index contributed by atoms with van der Waals surface area (Å²) in [5.41, 5.74) is 5.37. The van der Waals surface area contributed by atoms with Crippen LogP contribution in [0.2, 0.25) is 0 Å². The van der Waals surface area contributed by atoms with Crippen LogP contribution in [0.15, 0.2) is 48.8 Å². The second-order valence-corrected chi connectivity index (χ2v) is 13.6. The first-order chi connectivity index (χ1) is 23.4. The molecule has 0 radical (unpaired) electrons. The molecule has 3 N–H and O–H groups in total. The lowest BCUT2D eigenvalue weighted by molar-refractivity contribution is -0.171. The van der Waals surface area contributed by atoms with E-state index in [2.05, 4.69) is 15.2 Å². The summed E-state index contributed by atoms with van der Waals surface area (Å²) in [7, 11) is -4.39. The second-order valence-electron chi connectivity index (χ2n) is 11.9. The first-order valence-corrected chi connectivity index (χ1v) is 17.7. The number of nitrogens with two attached hydrogens (primary N) is 1. The molecule has 2 aliphatic heterocycles. The van der Waals surface area contributed by atoms with E-state index in [1.165, 1.54) is 17.8 Å². The molecule has 2 aliphatic rings. The number of aromatic nitrogens is 3. The number of benzene rings is 1. The van der Waals surface area contributed by atoms with Crippen molar-refractivity contribution in [3.8, 4) is 5.75 Å². The summed E-state index contributed by atoms with van der Waals surface area (Å²) in [5, 5.41) is 6.98. The number of nitrogen functional groups attached to an aromatic ring is 1. The lowest BCUT2D eigenvalue weighted by atomic mass is 9.96. The third-order valence-corrected chi connectivity index (χ3v) is 9.77. The quantitative estimate of drug-likeness (QED) is 0.140. The monoisotopic (exact) mass is 703 g/mol. The van der Waals surface area contributed by atoms with Crippen molar-refractivity contribution in [2.75, 3.05) is 25.6 Å². The SMILES string of the molecule is CCC(=O)O[C@H]1[C@H](c2ccc3c(N)ncnn23)O[C@](C)(COP(=O)(N[C@@H](C)C(=O)OC2CCOCC2)Oc2ccccc2)[C@H]1OC(=O)CC. The molecular weight excluding hydrogens is 661 g/mol. The lowest BCUT2D eigenvalue weighted by Gasteiger charge is -2.32. The molecule has 1 aromatic carbocycles. The van der Waals surface area contributed by atoms with E-state index in [1.807, 2.05) is 0 Å². The van der Waals surface area contributed by atoms with Crippen LogP contribution in [-0.2, 0) is 47.2 Å². The van der Waals surface area contributed by atoms with Crippen LogP contribution in [0.4, 0.5) is 5.82 Å². The van der Waals surface area contributed by atoms with Crippen LogP contribution < -0.4 is 15.3 Å². The van der Waals surface area contributed by atoms with E-state index in [1.54, 1.807) is 63.2 Å². The first kappa shape index (κ1) is 36.2. The number of anilines is 1. The molecule has 0 spiro atoms. The minimum Gasteiger partial charge on any atom is -0.461 e. The van der Waals surface area contributed by atoms with Gasteiger partial charge in [0.25, 0.3) is 0 Å². The number of nitrogens with one attached hydrogen (secondary N) is 1. The predicted molar refractivity (Wildman–Crippen MR) is 173 cm³/mol. The van der Waals surface area contributed by atoms with Gasteiger partial charge in [0.05, 0.1) is 25.5 Å². The first-order valence-electron chi connectivity index (χ1n) is 16.2. The van der Waals surface area contributed by atoms with Crippen LogP contribution >= 0.6 is 7.75 Å². The summed E-state index contributed by atoms with van der Waals surface area (Å²) in [6, 6.07) is 10.5. The summed E-state index contributed by atoms with van der Waals surface area (Å²) in [4.78, 5) is 42.6. The Bertz CT molecular complexity index is 1670. The van der Waals surface area contributed by atoms with Gasteiger partial charge in [-0.2, -0.15) is 10.2 Å². The maximum atomic E-state index is 14.4. The maximum absolute atomic E-state index is 14.4. The van der Waals surface area contributed by atoms with Crippen LogP contribution in [0.5, 0.6) is 5.75 Å². The van der Waals surface area contributed by atoms with Crippen LogP contribution in [0.3, 0.4) is 0 Å². The molecule has 49 heavy (non-hydrogen) atoms. The molecule has 4 heterocycles. The minimum absolute atomic E-state index is 0.00821. The van der Waals surface area contributed by atoms with Gasteiger partial charge in [0.1, 0.15) is 41.4 Å². The standard InChI is InChI=1S/C32H42N5O11P/c1-5-25(38)45-28-27(23-12-13-24-30(33)34-19-35-37(23)24)47-32(4,29(28)46-26(39)6-2)18-43-49(41,48-22-10-8-7-9-11-22)36-20(3)31(40)44-21-14-16-42-17-15-21/h7-13,19-21,27-29H,5-6,14-18H2,1-4H3,(H,36,41)(H2,33,34,35)/t20-,27-,28-,29-,32+,49?/m0/s1. The minimum atomic E-state index is -4.39. The van der Waals surface area contributed by atoms with E-state index in [4.69, 9.17) is 38.5 Å². The molecule has 3 aromatic rings. The molecule has 266 valence electrons. The number of nitrogens with zero attached hydrogens (tertiary/aromatic N) is 3. The average Bonchev–Trinajstić information content (AvgIpc) is 3.64. The number of hydrogen-bond donors (Lipinski definition) is 2. The van der Waals surface area contributed by atoms with E-state index in [0.29, 0.717) is 37.3 Å². The molecule has 5 rings (SSSR count). The highest BCUT2D eigenvalue weighted by atomic mass is 31.2. The zero-order chi connectivity index (χ0) is 35.2. The molecule has 17 heteroatoms. The third-order valence-electron chi connectivity index (χ3n) is 8.15. The van der Waals surface area contributed by atoms with Gasteiger partial charge in [-0.05, 0) is 38.1 Å². The van der Waals surface area contributed by atoms with Crippen LogP contribution in [0.1, 0.15) is 65.2 Å². The summed E-state index contributed by atoms with van der Waals surface area (Å²) in [6.07, 6.45) is -1.43. The molecule has 1 unspecified atom stereocenters. The van der Waals surface area contributed by atoms with Gasteiger partial charge in [0.2, 0.25) is 0 Å². The fraction of sp³-hybridized carbons (Fsp3) is 0.531. The molecule has 16 nitrogen and oxygen atoms in total. The van der Waals surface area contributed by atoms with E-state index in [-0.39, 0.29) is 30.5 Å². The summed E-state index contributed by atoms with van der Waals surface area (Å²) < 4.78 is 57.0. The van der Waals surface area contributed by atoms with Crippen molar-refractivity contribution in [3.63, 3.8) is 0 Å². The summed E-state index contributed by atoms with van der Waals surface area (Å²) >= 11 is 0. The molecule has 0 saturated carbocycles. The molecule has 6 atom stereocenters. The largest absolute Gasteiger partial charge is 0.461 e. The Hall–Kier alpha value is -4.08. The van der Waals surface area contributed by atoms with E-state index in [9.17, 15) is 18.9 Å². The average molecular weight is 704 g/mol. The number of fused-ring (bicyclic) bond motifs is 1. The van der Waals surface area contributed by atoms with Crippen LogP contribution in [0.25, 0.3) is 5.52 Å². The molecule has 0 bridgehead atoms. The van der Waals surface area contributed by atoms with Crippen molar-refractivity contribution >= 4 is 37.0 Å².